The van der Waals surface area contributed by atoms with E-state index in [0.717, 1.165) is 11.0 Å². The minimum absolute atomic E-state index is 0.447. The van der Waals surface area contributed by atoms with Crippen molar-refractivity contribution in [3.05, 3.63) is 41.3 Å². The molecule has 1 aromatic rings. The molecule has 0 unspecified atom stereocenters. The zero-order chi connectivity index (χ0) is 9.90. The van der Waals surface area contributed by atoms with Crippen molar-refractivity contribution < 1.29 is 8.42 Å². The molecule has 1 rings (SSSR count). The fraction of sp³-hybridized carbons (Fsp3) is 0. The molecule has 0 aliphatic rings. The molecule has 13 heavy (non-hydrogen) atoms. The molecule has 0 fully saturated rings. The van der Waals surface area contributed by atoms with Gasteiger partial charge in [-0.05, 0) is 21.5 Å². The van der Waals surface area contributed by atoms with Gasteiger partial charge in [0.25, 0.3) is 9.05 Å². The molecule has 0 aromatic heterocycles. The number of rotatable bonds is 2. The van der Waals surface area contributed by atoms with Gasteiger partial charge in [-0.1, -0.05) is 30.3 Å². The average molecular weight is 282 g/mol. The minimum atomic E-state index is -3.61. The van der Waals surface area contributed by atoms with Crippen LogP contribution in [0.1, 0.15) is 5.56 Å². The van der Waals surface area contributed by atoms with Gasteiger partial charge >= 0.3 is 0 Å². The second-order valence-corrected chi connectivity index (χ2v) is 5.64. The van der Waals surface area contributed by atoms with E-state index in [1.165, 1.54) is 0 Å². The van der Waals surface area contributed by atoms with Crippen molar-refractivity contribution in [1.82, 2.24) is 0 Å². The molecule has 0 radical (unpaired) electrons. The van der Waals surface area contributed by atoms with Gasteiger partial charge in [0.2, 0.25) is 0 Å². The standard InChI is InChI=1S/C8H6BrClO2S/c9-8(6-13(10,11)12)7-4-2-1-3-5-7/h1-6H. The summed E-state index contributed by atoms with van der Waals surface area (Å²) in [5.41, 5.74) is 0.770. The third-order valence-corrected chi connectivity index (χ3v) is 3.07. The molecule has 0 heterocycles. The molecule has 2 nitrogen and oxygen atoms in total. The topological polar surface area (TPSA) is 34.1 Å². The van der Waals surface area contributed by atoms with Crippen LogP contribution in [0.15, 0.2) is 35.7 Å². The first-order valence-electron chi connectivity index (χ1n) is 3.36. The Morgan fingerprint density at radius 2 is 1.85 bits per heavy atom. The lowest BCUT2D eigenvalue weighted by Crippen LogP contribution is -1.82. The third kappa shape index (κ3) is 3.93. The van der Waals surface area contributed by atoms with Crippen molar-refractivity contribution >= 4 is 40.1 Å². The van der Waals surface area contributed by atoms with E-state index < -0.39 is 9.05 Å². The Labute approximate surface area is 89.8 Å². The van der Waals surface area contributed by atoms with Crippen molar-refractivity contribution in [2.45, 2.75) is 0 Å². The maximum atomic E-state index is 10.7. The number of halogens is 2. The summed E-state index contributed by atoms with van der Waals surface area (Å²) in [6.45, 7) is 0. The van der Waals surface area contributed by atoms with E-state index >= 15 is 0 Å². The molecule has 0 aliphatic heterocycles. The van der Waals surface area contributed by atoms with Crippen LogP contribution in [-0.2, 0) is 9.05 Å². The van der Waals surface area contributed by atoms with Crippen molar-refractivity contribution in [2.75, 3.05) is 0 Å². The van der Waals surface area contributed by atoms with E-state index in [4.69, 9.17) is 10.7 Å². The fourth-order valence-corrected chi connectivity index (χ4v) is 2.76. The lowest BCUT2D eigenvalue weighted by Gasteiger charge is -1.96. The maximum absolute atomic E-state index is 10.7. The predicted octanol–water partition coefficient (Wildman–Crippen LogP) is 2.95. The SMILES string of the molecule is O=S(=O)(Cl)C=C(Br)c1ccccc1. The predicted molar refractivity (Wildman–Crippen MR) is 58.1 cm³/mol. The number of hydrogen-bond donors (Lipinski definition) is 0. The van der Waals surface area contributed by atoms with Gasteiger partial charge in [-0.2, -0.15) is 0 Å². The molecule has 0 saturated carbocycles. The molecule has 0 atom stereocenters. The van der Waals surface area contributed by atoms with Gasteiger partial charge in [-0.25, -0.2) is 8.42 Å². The quantitative estimate of drug-likeness (QED) is 0.781. The average Bonchev–Trinajstić information content (AvgIpc) is 2.03. The van der Waals surface area contributed by atoms with Crippen LogP contribution in [0.4, 0.5) is 0 Å². The van der Waals surface area contributed by atoms with Gasteiger partial charge in [-0.3, -0.25) is 0 Å². The summed E-state index contributed by atoms with van der Waals surface area (Å²) in [6, 6.07) is 9.03. The van der Waals surface area contributed by atoms with E-state index in [0.29, 0.717) is 4.48 Å². The molecule has 0 saturated heterocycles. The second kappa shape index (κ2) is 4.26. The summed E-state index contributed by atoms with van der Waals surface area (Å²) in [5.74, 6) is 0. The summed E-state index contributed by atoms with van der Waals surface area (Å²) in [7, 11) is 1.44. The van der Waals surface area contributed by atoms with E-state index in [2.05, 4.69) is 15.9 Å². The lowest BCUT2D eigenvalue weighted by molar-refractivity contribution is 0.617. The molecule has 1 aromatic carbocycles. The van der Waals surface area contributed by atoms with E-state index in [1.807, 2.05) is 18.2 Å². The van der Waals surface area contributed by atoms with E-state index in [9.17, 15) is 8.42 Å². The largest absolute Gasteiger partial charge is 0.255 e. The van der Waals surface area contributed by atoms with Crippen LogP contribution in [0.25, 0.3) is 4.48 Å². The Morgan fingerprint density at radius 3 is 2.31 bits per heavy atom. The molecular weight excluding hydrogens is 276 g/mol. The zero-order valence-corrected chi connectivity index (χ0v) is 9.60. The van der Waals surface area contributed by atoms with Crippen molar-refractivity contribution in [2.24, 2.45) is 0 Å². The monoisotopic (exact) mass is 280 g/mol. The molecule has 70 valence electrons. The van der Waals surface area contributed by atoms with Gasteiger partial charge in [0.1, 0.15) is 0 Å². The zero-order valence-electron chi connectivity index (χ0n) is 6.44. The molecule has 0 aliphatic carbocycles. The first-order valence-corrected chi connectivity index (χ1v) is 6.53. The van der Waals surface area contributed by atoms with Gasteiger partial charge in [0, 0.05) is 15.2 Å². The highest BCUT2D eigenvalue weighted by molar-refractivity contribution is 9.15. The number of hydrogen-bond acceptors (Lipinski definition) is 2. The minimum Gasteiger partial charge on any atom is -0.207 e. The Hall–Kier alpha value is -0.320. The summed E-state index contributed by atoms with van der Waals surface area (Å²) in [4.78, 5) is 0. The number of benzene rings is 1. The normalized spacial score (nSPS) is 12.9. The molecule has 0 bridgehead atoms. The van der Waals surface area contributed by atoms with Crippen LogP contribution in [0.3, 0.4) is 0 Å². The van der Waals surface area contributed by atoms with E-state index in [1.54, 1.807) is 12.1 Å². The van der Waals surface area contributed by atoms with Crippen molar-refractivity contribution in [3.63, 3.8) is 0 Å². The highest BCUT2D eigenvalue weighted by Gasteiger charge is 2.03. The Balaban J connectivity index is 3.06. The van der Waals surface area contributed by atoms with Crippen LogP contribution in [0.2, 0.25) is 0 Å². The second-order valence-electron chi connectivity index (χ2n) is 2.31. The molecule has 0 N–H and O–H groups in total. The van der Waals surface area contributed by atoms with Gasteiger partial charge in [-0.15, -0.1) is 0 Å². The summed E-state index contributed by atoms with van der Waals surface area (Å²) >= 11 is 3.12. The highest BCUT2D eigenvalue weighted by atomic mass is 79.9. The van der Waals surface area contributed by atoms with Crippen LogP contribution in [0, 0.1) is 0 Å². The first-order chi connectivity index (χ1) is 5.99. The van der Waals surface area contributed by atoms with Gasteiger partial charge < -0.3 is 0 Å². The van der Waals surface area contributed by atoms with Gasteiger partial charge in [0.15, 0.2) is 0 Å². The molecule has 0 amide bonds. The van der Waals surface area contributed by atoms with Crippen LogP contribution in [-0.4, -0.2) is 8.42 Å². The van der Waals surface area contributed by atoms with Crippen LogP contribution >= 0.6 is 26.6 Å². The Kier molecular flexibility index (Phi) is 3.53. The Bertz CT molecular complexity index is 411. The van der Waals surface area contributed by atoms with Crippen LogP contribution < -0.4 is 0 Å². The van der Waals surface area contributed by atoms with Crippen molar-refractivity contribution in [1.29, 1.82) is 0 Å². The van der Waals surface area contributed by atoms with Crippen LogP contribution in [0.5, 0.6) is 0 Å². The lowest BCUT2D eigenvalue weighted by atomic mass is 10.2. The fourth-order valence-electron chi connectivity index (χ4n) is 0.789. The third-order valence-electron chi connectivity index (χ3n) is 1.29. The summed E-state index contributed by atoms with van der Waals surface area (Å²) in [6.07, 6.45) is 0. The summed E-state index contributed by atoms with van der Waals surface area (Å²) < 4.78 is 21.8. The Morgan fingerprint density at radius 1 is 1.31 bits per heavy atom. The molecule has 0 spiro atoms. The smallest absolute Gasteiger partial charge is 0.207 e. The van der Waals surface area contributed by atoms with Crippen molar-refractivity contribution in [3.8, 4) is 0 Å². The van der Waals surface area contributed by atoms with E-state index in [-0.39, 0.29) is 0 Å². The summed E-state index contributed by atoms with van der Waals surface area (Å²) in [5, 5.41) is 0.962. The molecular formula is C8H6BrClO2S. The first kappa shape index (κ1) is 10.8. The maximum Gasteiger partial charge on any atom is 0.255 e. The molecule has 5 heteroatoms. The highest BCUT2D eigenvalue weighted by Crippen LogP contribution is 2.22. The van der Waals surface area contributed by atoms with Gasteiger partial charge in [0.05, 0.1) is 5.41 Å².